The number of nitrogens with two attached hydrogens (primary N) is 1. The Kier molecular flexibility index (Phi) is 3.84. The van der Waals surface area contributed by atoms with Crippen molar-refractivity contribution in [3.05, 3.63) is 35.5 Å². The molecule has 0 radical (unpaired) electrons. The van der Waals surface area contributed by atoms with Crippen LogP contribution in [0.15, 0.2) is 30.5 Å². The summed E-state index contributed by atoms with van der Waals surface area (Å²) in [6, 6.07) is 4.74. The molecular weight excluding hydrogens is 299 g/mol. The summed E-state index contributed by atoms with van der Waals surface area (Å²) in [5, 5.41) is 0.120. The molecule has 2 rings (SSSR count). The molecule has 0 spiro atoms. The first-order chi connectivity index (χ1) is 9.33. The van der Waals surface area contributed by atoms with E-state index in [1.54, 1.807) is 0 Å². The topological polar surface area (TPSA) is 70.3 Å². The van der Waals surface area contributed by atoms with E-state index in [1.165, 1.54) is 18.3 Å². The number of rotatable bonds is 3. The molecule has 1 aromatic carbocycles. The van der Waals surface area contributed by atoms with E-state index in [0.29, 0.717) is 0 Å². The monoisotopic (exact) mass is 305 g/mol. The van der Waals surface area contributed by atoms with Crippen molar-refractivity contribution in [1.82, 2.24) is 9.97 Å². The van der Waals surface area contributed by atoms with Crippen LogP contribution >= 0.6 is 11.6 Å². The Morgan fingerprint density at radius 1 is 1.10 bits per heavy atom. The Labute approximate surface area is 116 Å². The van der Waals surface area contributed by atoms with Gasteiger partial charge in [0.2, 0.25) is 11.8 Å². The van der Waals surface area contributed by atoms with Gasteiger partial charge < -0.3 is 15.2 Å². The first kappa shape index (κ1) is 14.2. The van der Waals surface area contributed by atoms with Crippen LogP contribution in [0.25, 0.3) is 0 Å². The lowest BCUT2D eigenvalue weighted by molar-refractivity contribution is -0.274. The molecule has 5 nitrogen and oxygen atoms in total. The third-order valence-electron chi connectivity index (χ3n) is 2.00. The minimum Gasteiger partial charge on any atom is -0.437 e. The van der Waals surface area contributed by atoms with E-state index in [0.717, 1.165) is 12.1 Å². The lowest BCUT2D eigenvalue weighted by atomic mass is 10.3. The number of hydrogen-bond donors (Lipinski definition) is 1. The summed E-state index contributed by atoms with van der Waals surface area (Å²) in [6.45, 7) is 0. The predicted octanol–water partition coefficient (Wildman–Crippen LogP) is 3.40. The third kappa shape index (κ3) is 3.89. The minimum absolute atomic E-state index is 0.00339. The Hall–Kier alpha value is -2.22. The molecule has 1 heterocycles. The fourth-order valence-corrected chi connectivity index (χ4v) is 1.39. The highest BCUT2D eigenvalue weighted by molar-refractivity contribution is 6.31. The maximum Gasteiger partial charge on any atom is 0.573 e. The second-order valence-electron chi connectivity index (χ2n) is 3.50. The van der Waals surface area contributed by atoms with E-state index >= 15 is 0 Å². The molecule has 0 aliphatic heterocycles. The van der Waals surface area contributed by atoms with E-state index in [4.69, 9.17) is 22.1 Å². The highest BCUT2D eigenvalue weighted by atomic mass is 35.5. The van der Waals surface area contributed by atoms with Crippen LogP contribution in [0.3, 0.4) is 0 Å². The molecule has 0 aliphatic rings. The maximum atomic E-state index is 12.0. The predicted molar refractivity (Wildman–Crippen MR) is 64.7 cm³/mol. The Balaban J connectivity index is 2.13. The highest BCUT2D eigenvalue weighted by Crippen LogP contribution is 2.29. The van der Waals surface area contributed by atoms with Crippen LogP contribution in [-0.2, 0) is 0 Å². The van der Waals surface area contributed by atoms with Gasteiger partial charge in [0.05, 0.1) is 6.20 Å². The van der Waals surface area contributed by atoms with Gasteiger partial charge in [0.15, 0.2) is 0 Å². The lowest BCUT2D eigenvalue weighted by Gasteiger charge is -2.10. The largest absolute Gasteiger partial charge is 0.573 e. The van der Waals surface area contributed by atoms with Gasteiger partial charge in [0, 0.05) is 0 Å². The summed E-state index contributed by atoms with van der Waals surface area (Å²) < 4.78 is 45.0. The van der Waals surface area contributed by atoms with Crippen molar-refractivity contribution in [3.63, 3.8) is 0 Å². The second kappa shape index (κ2) is 5.41. The van der Waals surface area contributed by atoms with Gasteiger partial charge in [0.25, 0.3) is 0 Å². The molecule has 0 saturated carbocycles. The Bertz CT molecular complexity index is 605. The number of halogens is 4. The molecule has 0 saturated heterocycles. The summed E-state index contributed by atoms with van der Waals surface area (Å²) in [4.78, 5) is 7.40. The average Bonchev–Trinajstić information content (AvgIpc) is 2.34. The number of anilines is 1. The van der Waals surface area contributed by atoms with Gasteiger partial charge >= 0.3 is 6.36 Å². The average molecular weight is 306 g/mol. The van der Waals surface area contributed by atoms with Crippen LogP contribution < -0.4 is 15.2 Å². The molecule has 2 aromatic rings. The normalized spacial score (nSPS) is 11.2. The van der Waals surface area contributed by atoms with E-state index < -0.39 is 6.36 Å². The van der Waals surface area contributed by atoms with Crippen LogP contribution in [0.5, 0.6) is 17.4 Å². The van der Waals surface area contributed by atoms with Gasteiger partial charge in [0.1, 0.15) is 16.5 Å². The quantitative estimate of drug-likeness (QED) is 0.941. The first-order valence-electron chi connectivity index (χ1n) is 5.15. The number of nitrogen functional groups attached to an aromatic ring is 1. The van der Waals surface area contributed by atoms with Gasteiger partial charge in [-0.1, -0.05) is 11.6 Å². The number of benzene rings is 1. The van der Waals surface area contributed by atoms with Crippen LogP contribution in [0, 0.1) is 0 Å². The molecule has 0 aliphatic carbocycles. The van der Waals surface area contributed by atoms with Crippen molar-refractivity contribution in [2.24, 2.45) is 0 Å². The highest BCUT2D eigenvalue weighted by Gasteiger charge is 2.30. The number of ether oxygens (including phenoxy) is 2. The zero-order chi connectivity index (χ0) is 14.8. The van der Waals surface area contributed by atoms with Crippen LogP contribution in [0.2, 0.25) is 5.02 Å². The summed E-state index contributed by atoms with van der Waals surface area (Å²) in [7, 11) is 0. The number of aromatic nitrogens is 2. The van der Waals surface area contributed by atoms with Crippen molar-refractivity contribution in [3.8, 4) is 17.4 Å². The van der Waals surface area contributed by atoms with Gasteiger partial charge in [-0.2, -0.15) is 4.98 Å². The van der Waals surface area contributed by atoms with E-state index in [1.807, 2.05) is 0 Å². The van der Waals surface area contributed by atoms with E-state index in [2.05, 4.69) is 14.7 Å². The van der Waals surface area contributed by atoms with Crippen LogP contribution in [-0.4, -0.2) is 16.3 Å². The first-order valence-corrected chi connectivity index (χ1v) is 5.53. The fourth-order valence-electron chi connectivity index (χ4n) is 1.26. The minimum atomic E-state index is -4.74. The Morgan fingerprint density at radius 3 is 2.30 bits per heavy atom. The Morgan fingerprint density at radius 2 is 1.70 bits per heavy atom. The molecule has 0 fully saturated rings. The molecule has 9 heteroatoms. The molecule has 1 aromatic heterocycles. The number of nitrogens with zero attached hydrogens (tertiary/aromatic N) is 2. The molecule has 0 bridgehead atoms. The fraction of sp³-hybridized carbons (Fsp3) is 0.0909. The molecule has 0 unspecified atom stereocenters. The van der Waals surface area contributed by atoms with Gasteiger partial charge in [-0.25, -0.2) is 4.98 Å². The summed E-state index contributed by atoms with van der Waals surface area (Å²) >= 11 is 5.79. The summed E-state index contributed by atoms with van der Waals surface area (Å²) in [6.07, 6.45) is -3.49. The second-order valence-corrected chi connectivity index (χ2v) is 3.91. The molecule has 20 heavy (non-hydrogen) atoms. The van der Waals surface area contributed by atoms with E-state index in [-0.39, 0.29) is 28.3 Å². The smallest absolute Gasteiger partial charge is 0.437 e. The zero-order valence-electron chi connectivity index (χ0n) is 9.69. The van der Waals surface area contributed by atoms with Crippen LogP contribution in [0.1, 0.15) is 0 Å². The molecule has 106 valence electrons. The summed E-state index contributed by atoms with van der Waals surface area (Å²) in [5.74, 6) is -0.178. The van der Waals surface area contributed by atoms with Crippen molar-refractivity contribution in [2.45, 2.75) is 6.36 Å². The van der Waals surface area contributed by atoms with Crippen molar-refractivity contribution in [2.75, 3.05) is 5.73 Å². The lowest BCUT2D eigenvalue weighted by Crippen LogP contribution is -2.16. The van der Waals surface area contributed by atoms with Crippen molar-refractivity contribution < 1.29 is 22.6 Å². The number of hydrogen-bond acceptors (Lipinski definition) is 5. The van der Waals surface area contributed by atoms with Crippen LogP contribution in [0.4, 0.5) is 19.1 Å². The molecule has 0 amide bonds. The number of alkyl halides is 3. The van der Waals surface area contributed by atoms with Crippen molar-refractivity contribution in [1.29, 1.82) is 0 Å². The van der Waals surface area contributed by atoms with Crippen molar-refractivity contribution >= 4 is 17.5 Å². The SMILES string of the molecule is Nc1ncc(Cl)c(Oc2ccc(OC(F)(F)F)cc2)n1. The van der Waals surface area contributed by atoms with Gasteiger partial charge in [-0.05, 0) is 24.3 Å². The summed E-state index contributed by atoms with van der Waals surface area (Å²) in [5.41, 5.74) is 5.37. The van der Waals surface area contributed by atoms with E-state index in [9.17, 15) is 13.2 Å². The standard InChI is InChI=1S/C11H7ClF3N3O2/c12-8-5-17-10(16)18-9(8)19-6-1-3-7(4-2-6)20-11(13,14)15/h1-5H,(H2,16,17,18). The van der Waals surface area contributed by atoms with Gasteiger partial charge in [-0.3, -0.25) is 0 Å². The molecular formula is C11H7ClF3N3O2. The third-order valence-corrected chi connectivity index (χ3v) is 2.26. The molecule has 0 atom stereocenters. The zero-order valence-corrected chi connectivity index (χ0v) is 10.4. The van der Waals surface area contributed by atoms with Gasteiger partial charge in [-0.15, -0.1) is 13.2 Å². The maximum absolute atomic E-state index is 12.0. The molecule has 2 N–H and O–H groups in total.